The lowest BCUT2D eigenvalue weighted by atomic mass is 10.1. The lowest BCUT2D eigenvalue weighted by molar-refractivity contribution is -0.0511. The number of aliphatic hydroxyl groups excluding tert-OH is 3. The predicted molar refractivity (Wildman–Crippen MR) is 83.7 cm³/mol. The summed E-state index contributed by atoms with van der Waals surface area (Å²) < 4.78 is 20.5. The second kappa shape index (κ2) is 6.12. The molecular formula is C16H15FN4O4. The summed E-state index contributed by atoms with van der Waals surface area (Å²) in [5.74, 6) is -0.396. The first kappa shape index (κ1) is 16.0. The summed E-state index contributed by atoms with van der Waals surface area (Å²) in [5.41, 5.74) is 1.75. The molecule has 8 nitrogen and oxygen atoms in total. The Morgan fingerprint density at radius 3 is 2.72 bits per heavy atom. The predicted octanol–water partition coefficient (Wildman–Crippen LogP) is 0.244. The monoisotopic (exact) mass is 346 g/mol. The van der Waals surface area contributed by atoms with Crippen molar-refractivity contribution in [1.29, 1.82) is 0 Å². The number of halogens is 1. The van der Waals surface area contributed by atoms with Crippen molar-refractivity contribution in [3.63, 3.8) is 0 Å². The van der Waals surface area contributed by atoms with Gasteiger partial charge in [0.05, 0.1) is 12.9 Å². The van der Waals surface area contributed by atoms with Gasteiger partial charge in [0.1, 0.15) is 41.7 Å². The second-order valence-corrected chi connectivity index (χ2v) is 5.79. The zero-order valence-electron chi connectivity index (χ0n) is 12.9. The Labute approximate surface area is 141 Å². The van der Waals surface area contributed by atoms with Crippen LogP contribution in [0.5, 0.6) is 0 Å². The molecule has 1 aromatic carbocycles. The number of imidazole rings is 1. The lowest BCUT2D eigenvalue weighted by Gasteiger charge is -2.16. The first-order valence-electron chi connectivity index (χ1n) is 7.66. The molecule has 130 valence electrons. The molecule has 9 heteroatoms. The van der Waals surface area contributed by atoms with Crippen LogP contribution in [0.3, 0.4) is 0 Å². The van der Waals surface area contributed by atoms with Gasteiger partial charge in [-0.05, 0) is 12.1 Å². The molecule has 0 saturated carbocycles. The van der Waals surface area contributed by atoms with Crippen molar-refractivity contribution in [2.45, 2.75) is 24.5 Å². The molecule has 3 aromatic rings. The van der Waals surface area contributed by atoms with Crippen LogP contribution < -0.4 is 0 Å². The highest BCUT2D eigenvalue weighted by Gasteiger charge is 2.44. The van der Waals surface area contributed by atoms with Gasteiger partial charge in [-0.25, -0.2) is 19.3 Å². The summed E-state index contributed by atoms with van der Waals surface area (Å²) in [6.07, 6.45) is -1.61. The minimum absolute atomic E-state index is 0.365. The molecule has 0 aliphatic carbocycles. The van der Waals surface area contributed by atoms with Gasteiger partial charge < -0.3 is 20.1 Å². The van der Waals surface area contributed by atoms with Crippen LogP contribution in [0.4, 0.5) is 4.39 Å². The van der Waals surface area contributed by atoms with Crippen molar-refractivity contribution in [2.75, 3.05) is 6.61 Å². The number of rotatable bonds is 3. The van der Waals surface area contributed by atoms with Crippen molar-refractivity contribution in [3.05, 3.63) is 42.7 Å². The summed E-state index contributed by atoms with van der Waals surface area (Å²) in [4.78, 5) is 12.6. The van der Waals surface area contributed by atoms with Gasteiger partial charge in [0.25, 0.3) is 0 Å². The highest BCUT2D eigenvalue weighted by atomic mass is 19.1. The Balaban J connectivity index is 1.80. The third-order valence-electron chi connectivity index (χ3n) is 4.25. The van der Waals surface area contributed by atoms with E-state index >= 15 is 0 Å². The van der Waals surface area contributed by atoms with Crippen LogP contribution in [0.15, 0.2) is 36.9 Å². The minimum atomic E-state index is -1.25. The number of nitrogens with zero attached hydrogens (tertiary/aromatic N) is 4. The second-order valence-electron chi connectivity index (χ2n) is 5.79. The first-order valence-corrected chi connectivity index (χ1v) is 7.66. The fraction of sp³-hybridized carbons (Fsp3) is 0.312. The summed E-state index contributed by atoms with van der Waals surface area (Å²) in [6.45, 7) is -0.426. The molecule has 4 atom stereocenters. The third kappa shape index (κ3) is 2.57. The van der Waals surface area contributed by atoms with Crippen molar-refractivity contribution in [3.8, 4) is 11.3 Å². The zero-order chi connectivity index (χ0) is 17.6. The highest BCUT2D eigenvalue weighted by Crippen LogP contribution is 2.33. The number of fused-ring (bicyclic) bond motifs is 1. The quantitative estimate of drug-likeness (QED) is 0.623. The molecule has 1 aliphatic rings. The van der Waals surface area contributed by atoms with E-state index in [-0.39, 0.29) is 0 Å². The average molecular weight is 346 g/mol. The molecule has 3 heterocycles. The summed E-state index contributed by atoms with van der Waals surface area (Å²) in [7, 11) is 0. The van der Waals surface area contributed by atoms with Crippen LogP contribution in [-0.4, -0.2) is 59.8 Å². The van der Waals surface area contributed by atoms with E-state index in [4.69, 9.17) is 4.74 Å². The van der Waals surface area contributed by atoms with Crippen LogP contribution >= 0.6 is 0 Å². The Hall–Kier alpha value is -2.46. The van der Waals surface area contributed by atoms with Crippen molar-refractivity contribution in [1.82, 2.24) is 19.5 Å². The zero-order valence-corrected chi connectivity index (χ0v) is 12.9. The molecule has 4 rings (SSSR count). The number of hydrogen-bond donors (Lipinski definition) is 3. The van der Waals surface area contributed by atoms with Crippen LogP contribution in [0.25, 0.3) is 22.4 Å². The summed E-state index contributed by atoms with van der Waals surface area (Å²) >= 11 is 0. The van der Waals surface area contributed by atoms with Gasteiger partial charge in [0, 0.05) is 5.56 Å². The van der Waals surface area contributed by atoms with Gasteiger partial charge in [-0.15, -0.1) is 0 Å². The fourth-order valence-electron chi connectivity index (χ4n) is 3.00. The number of benzene rings is 1. The van der Waals surface area contributed by atoms with E-state index in [0.29, 0.717) is 22.4 Å². The Bertz CT molecular complexity index is 918. The third-order valence-corrected chi connectivity index (χ3v) is 4.25. The molecule has 0 bridgehead atoms. The van der Waals surface area contributed by atoms with Crippen LogP contribution in [0, 0.1) is 5.82 Å². The van der Waals surface area contributed by atoms with E-state index in [1.54, 1.807) is 12.1 Å². The molecule has 1 aliphatic heterocycles. The SMILES string of the molecule is OC[C@H]1O[C@@H](n2cnc3c(-c4cccc(F)c4)ncnc32)[C@H](O)[C@@H]1O. The van der Waals surface area contributed by atoms with Crippen molar-refractivity contribution in [2.24, 2.45) is 0 Å². The van der Waals surface area contributed by atoms with E-state index < -0.39 is 37.0 Å². The minimum Gasteiger partial charge on any atom is -0.394 e. The van der Waals surface area contributed by atoms with E-state index in [1.807, 2.05) is 0 Å². The Morgan fingerprint density at radius 1 is 1.16 bits per heavy atom. The molecule has 0 radical (unpaired) electrons. The van der Waals surface area contributed by atoms with E-state index in [0.717, 1.165) is 0 Å². The van der Waals surface area contributed by atoms with Gasteiger partial charge in [0.15, 0.2) is 11.9 Å². The standard InChI is InChI=1S/C16H15FN4O4/c17-9-3-1-2-8(4-9)11-12-15(19-6-18-11)21(7-20-12)16-14(24)13(23)10(5-22)25-16/h1-4,6-7,10,13-14,16,22-24H,5H2/t10-,13-,14-,16-/m1/s1. The van der Waals surface area contributed by atoms with E-state index in [9.17, 15) is 19.7 Å². The van der Waals surface area contributed by atoms with Crippen LogP contribution in [-0.2, 0) is 4.74 Å². The summed E-state index contributed by atoms with van der Waals surface area (Å²) in [5, 5.41) is 29.3. The average Bonchev–Trinajstić information content (AvgIpc) is 3.16. The molecule has 1 fully saturated rings. The molecule has 3 N–H and O–H groups in total. The molecule has 2 aromatic heterocycles. The molecule has 0 spiro atoms. The largest absolute Gasteiger partial charge is 0.394 e. The Kier molecular flexibility index (Phi) is 3.92. The topological polar surface area (TPSA) is 114 Å². The maximum Gasteiger partial charge on any atom is 0.166 e. The number of hydrogen-bond acceptors (Lipinski definition) is 7. The van der Waals surface area contributed by atoms with Crippen molar-refractivity contribution >= 4 is 11.2 Å². The van der Waals surface area contributed by atoms with Gasteiger partial charge >= 0.3 is 0 Å². The maximum atomic E-state index is 13.5. The van der Waals surface area contributed by atoms with Crippen LogP contribution in [0.2, 0.25) is 0 Å². The van der Waals surface area contributed by atoms with Gasteiger partial charge in [-0.1, -0.05) is 12.1 Å². The molecule has 1 saturated heterocycles. The van der Waals surface area contributed by atoms with Gasteiger partial charge in [0.2, 0.25) is 0 Å². The molecule has 0 unspecified atom stereocenters. The van der Waals surface area contributed by atoms with Crippen molar-refractivity contribution < 1.29 is 24.4 Å². The molecule has 25 heavy (non-hydrogen) atoms. The fourth-order valence-corrected chi connectivity index (χ4v) is 3.00. The number of aromatic nitrogens is 4. The number of aliphatic hydroxyl groups is 3. The van der Waals surface area contributed by atoms with E-state index in [2.05, 4.69) is 15.0 Å². The Morgan fingerprint density at radius 2 is 2.00 bits per heavy atom. The molecular weight excluding hydrogens is 331 g/mol. The van der Waals surface area contributed by atoms with E-state index in [1.165, 1.54) is 29.4 Å². The van der Waals surface area contributed by atoms with Gasteiger partial charge in [-0.2, -0.15) is 0 Å². The normalized spacial score (nSPS) is 26.4. The molecule has 0 amide bonds. The lowest BCUT2D eigenvalue weighted by Crippen LogP contribution is -2.33. The highest BCUT2D eigenvalue weighted by molar-refractivity contribution is 5.87. The summed E-state index contributed by atoms with van der Waals surface area (Å²) in [6, 6.07) is 5.95. The first-order chi connectivity index (χ1) is 12.1. The maximum absolute atomic E-state index is 13.5. The number of ether oxygens (including phenoxy) is 1. The smallest absolute Gasteiger partial charge is 0.166 e. The van der Waals surface area contributed by atoms with Crippen LogP contribution in [0.1, 0.15) is 6.23 Å². The van der Waals surface area contributed by atoms with Gasteiger partial charge in [-0.3, -0.25) is 4.57 Å².